The van der Waals surface area contributed by atoms with Gasteiger partial charge in [-0.25, -0.2) is 0 Å². The van der Waals surface area contributed by atoms with E-state index in [1.807, 2.05) is 0 Å². The molecule has 3 unspecified atom stereocenters. The van der Waals surface area contributed by atoms with Gasteiger partial charge < -0.3 is 14.7 Å². The topological polar surface area (TPSA) is 35.9 Å². The molecule has 0 saturated carbocycles. The summed E-state index contributed by atoms with van der Waals surface area (Å²) in [6.07, 6.45) is 3.06. The van der Waals surface area contributed by atoms with E-state index >= 15 is 0 Å². The molecule has 16 heavy (non-hydrogen) atoms. The molecule has 2 aliphatic rings. The van der Waals surface area contributed by atoms with Gasteiger partial charge in [0.05, 0.1) is 18.8 Å². The van der Waals surface area contributed by atoms with Crippen molar-refractivity contribution in [3.05, 3.63) is 0 Å². The number of hydrogen-bond donors (Lipinski definition) is 1. The van der Waals surface area contributed by atoms with E-state index in [0.29, 0.717) is 19.3 Å². The number of rotatable bonds is 2. The molecule has 0 radical (unpaired) electrons. The van der Waals surface area contributed by atoms with Gasteiger partial charge in [0.15, 0.2) is 0 Å². The second-order valence-electron chi connectivity index (χ2n) is 5.22. The average molecular weight is 228 g/mol. The normalized spacial score (nSPS) is 37.9. The van der Waals surface area contributed by atoms with E-state index in [0.717, 1.165) is 13.0 Å². The van der Waals surface area contributed by atoms with Gasteiger partial charge in [-0.05, 0) is 39.9 Å². The SMILES string of the molecule is CN1CCCC(N(C)C2COCCC2O)C1. The molecule has 2 heterocycles. The number of likely N-dealkylation sites (tertiary alicyclic amines) is 1. The molecule has 0 amide bonds. The van der Waals surface area contributed by atoms with Crippen LogP contribution in [0.1, 0.15) is 19.3 Å². The number of aliphatic hydroxyl groups excluding tert-OH is 1. The predicted molar refractivity (Wildman–Crippen MR) is 63.5 cm³/mol. The van der Waals surface area contributed by atoms with Gasteiger partial charge in [-0.15, -0.1) is 0 Å². The number of aliphatic hydroxyl groups is 1. The van der Waals surface area contributed by atoms with E-state index in [9.17, 15) is 5.11 Å². The Kier molecular flexibility index (Phi) is 4.19. The van der Waals surface area contributed by atoms with E-state index in [2.05, 4.69) is 23.9 Å². The molecule has 4 heteroatoms. The highest BCUT2D eigenvalue weighted by Gasteiger charge is 2.32. The Morgan fingerprint density at radius 3 is 2.88 bits per heavy atom. The number of nitrogens with zero attached hydrogens (tertiary/aromatic N) is 2. The summed E-state index contributed by atoms with van der Waals surface area (Å²) in [6, 6.07) is 0.755. The first-order chi connectivity index (χ1) is 7.68. The Morgan fingerprint density at radius 2 is 2.19 bits per heavy atom. The molecule has 1 N–H and O–H groups in total. The molecule has 2 fully saturated rings. The molecule has 4 nitrogen and oxygen atoms in total. The van der Waals surface area contributed by atoms with Crippen LogP contribution < -0.4 is 0 Å². The molecule has 0 aliphatic carbocycles. The fraction of sp³-hybridized carbons (Fsp3) is 1.00. The Hall–Kier alpha value is -0.160. The van der Waals surface area contributed by atoms with Gasteiger partial charge in [0, 0.05) is 19.2 Å². The lowest BCUT2D eigenvalue weighted by molar-refractivity contribution is -0.0712. The maximum absolute atomic E-state index is 10.0. The molecule has 3 atom stereocenters. The summed E-state index contributed by atoms with van der Waals surface area (Å²) >= 11 is 0. The molecule has 0 aromatic rings. The highest BCUT2D eigenvalue weighted by Crippen LogP contribution is 2.20. The van der Waals surface area contributed by atoms with Crippen molar-refractivity contribution in [3.8, 4) is 0 Å². The van der Waals surface area contributed by atoms with Crippen molar-refractivity contribution in [1.82, 2.24) is 9.80 Å². The lowest BCUT2D eigenvalue weighted by Crippen LogP contribution is -2.55. The van der Waals surface area contributed by atoms with Gasteiger partial charge >= 0.3 is 0 Å². The van der Waals surface area contributed by atoms with E-state index < -0.39 is 0 Å². The van der Waals surface area contributed by atoms with E-state index in [1.165, 1.54) is 19.4 Å². The van der Waals surface area contributed by atoms with E-state index in [4.69, 9.17) is 4.74 Å². The van der Waals surface area contributed by atoms with Crippen molar-refractivity contribution in [2.75, 3.05) is 40.4 Å². The van der Waals surface area contributed by atoms with Gasteiger partial charge in [-0.1, -0.05) is 0 Å². The van der Waals surface area contributed by atoms with Gasteiger partial charge in [-0.2, -0.15) is 0 Å². The maximum Gasteiger partial charge on any atom is 0.0739 e. The molecule has 0 aromatic heterocycles. The standard InChI is InChI=1S/C12H24N2O2/c1-13-6-3-4-10(8-13)14(2)11-9-16-7-5-12(11)15/h10-12,15H,3-9H2,1-2H3. The van der Waals surface area contributed by atoms with Crippen LogP contribution in [0.2, 0.25) is 0 Å². The minimum Gasteiger partial charge on any atom is -0.391 e. The second-order valence-corrected chi connectivity index (χ2v) is 5.22. The minimum atomic E-state index is -0.217. The fourth-order valence-electron chi connectivity index (χ4n) is 2.84. The molecule has 2 aliphatic heterocycles. The third-order valence-corrected chi connectivity index (χ3v) is 3.99. The zero-order chi connectivity index (χ0) is 11.5. The molecule has 0 aromatic carbocycles. The Labute approximate surface area is 98.2 Å². The van der Waals surface area contributed by atoms with E-state index in [1.54, 1.807) is 0 Å². The first-order valence-electron chi connectivity index (χ1n) is 6.35. The third-order valence-electron chi connectivity index (χ3n) is 3.99. The Bertz CT molecular complexity index is 225. The number of piperidine rings is 1. The zero-order valence-electron chi connectivity index (χ0n) is 10.4. The Balaban J connectivity index is 1.91. The fourth-order valence-corrected chi connectivity index (χ4v) is 2.84. The van der Waals surface area contributed by atoms with E-state index in [-0.39, 0.29) is 12.1 Å². The van der Waals surface area contributed by atoms with Crippen molar-refractivity contribution < 1.29 is 9.84 Å². The lowest BCUT2D eigenvalue weighted by atomic mass is 9.99. The molecular formula is C12H24N2O2. The minimum absolute atomic E-state index is 0.185. The largest absolute Gasteiger partial charge is 0.391 e. The van der Waals surface area contributed by atoms with Gasteiger partial charge in [0.1, 0.15) is 0 Å². The van der Waals surface area contributed by atoms with Crippen LogP contribution >= 0.6 is 0 Å². The van der Waals surface area contributed by atoms with Crippen LogP contribution in [0.3, 0.4) is 0 Å². The summed E-state index contributed by atoms with van der Waals surface area (Å²) < 4.78 is 5.48. The highest BCUT2D eigenvalue weighted by atomic mass is 16.5. The van der Waals surface area contributed by atoms with Crippen LogP contribution in [0, 0.1) is 0 Å². The van der Waals surface area contributed by atoms with Crippen LogP contribution in [0.5, 0.6) is 0 Å². The van der Waals surface area contributed by atoms with Crippen LogP contribution in [0.25, 0.3) is 0 Å². The average Bonchev–Trinajstić information content (AvgIpc) is 2.29. The van der Waals surface area contributed by atoms with Crippen molar-refractivity contribution in [2.24, 2.45) is 0 Å². The predicted octanol–water partition coefficient (Wildman–Crippen LogP) is 0.162. The van der Waals surface area contributed by atoms with Crippen LogP contribution in [0.4, 0.5) is 0 Å². The van der Waals surface area contributed by atoms with Gasteiger partial charge in [0.25, 0.3) is 0 Å². The second kappa shape index (κ2) is 5.45. The third kappa shape index (κ3) is 2.74. The van der Waals surface area contributed by atoms with Crippen LogP contribution in [0.15, 0.2) is 0 Å². The van der Waals surface area contributed by atoms with Crippen LogP contribution in [-0.2, 0) is 4.74 Å². The molecule has 0 spiro atoms. The number of hydrogen-bond acceptors (Lipinski definition) is 4. The highest BCUT2D eigenvalue weighted by molar-refractivity contribution is 4.87. The van der Waals surface area contributed by atoms with Crippen molar-refractivity contribution in [2.45, 2.75) is 37.5 Å². The molecule has 0 bridgehead atoms. The van der Waals surface area contributed by atoms with Crippen molar-refractivity contribution in [1.29, 1.82) is 0 Å². The quantitative estimate of drug-likeness (QED) is 0.730. The summed E-state index contributed by atoms with van der Waals surface area (Å²) in [5.74, 6) is 0. The van der Waals surface area contributed by atoms with Crippen molar-refractivity contribution in [3.63, 3.8) is 0 Å². The molecule has 94 valence electrons. The number of likely N-dealkylation sites (N-methyl/N-ethyl adjacent to an activating group) is 2. The summed E-state index contributed by atoms with van der Waals surface area (Å²) in [6.45, 7) is 3.70. The smallest absolute Gasteiger partial charge is 0.0739 e. The summed E-state index contributed by atoms with van der Waals surface area (Å²) in [5.41, 5.74) is 0. The number of ether oxygens (including phenoxy) is 1. The van der Waals surface area contributed by atoms with Crippen LogP contribution in [-0.4, -0.2) is 73.5 Å². The van der Waals surface area contributed by atoms with Crippen molar-refractivity contribution >= 4 is 0 Å². The first kappa shape index (κ1) is 12.3. The summed E-state index contributed by atoms with van der Waals surface area (Å²) in [7, 11) is 4.31. The molecule has 2 rings (SSSR count). The van der Waals surface area contributed by atoms with Gasteiger partial charge in [-0.3, -0.25) is 4.90 Å². The summed E-state index contributed by atoms with van der Waals surface area (Å²) in [4.78, 5) is 4.71. The summed E-state index contributed by atoms with van der Waals surface area (Å²) in [5, 5.41) is 10.0. The lowest BCUT2D eigenvalue weighted by Gasteiger charge is -2.42. The first-order valence-corrected chi connectivity index (χ1v) is 6.35. The maximum atomic E-state index is 10.0. The van der Waals surface area contributed by atoms with Gasteiger partial charge in [0.2, 0.25) is 0 Å². The monoisotopic (exact) mass is 228 g/mol. The molecular weight excluding hydrogens is 204 g/mol. The zero-order valence-corrected chi connectivity index (χ0v) is 10.4. The molecule has 2 saturated heterocycles. The Morgan fingerprint density at radius 1 is 1.38 bits per heavy atom.